The summed E-state index contributed by atoms with van der Waals surface area (Å²) < 4.78 is 0. The molecule has 194 valence electrons. The molecule has 0 spiro atoms. The van der Waals surface area contributed by atoms with Crippen molar-refractivity contribution in [3.8, 4) is 0 Å². The van der Waals surface area contributed by atoms with Crippen LogP contribution in [0.2, 0.25) is 0 Å². The molecular weight excluding hydrogens is 460 g/mol. The Morgan fingerprint density at radius 1 is 1.11 bits per heavy atom. The van der Waals surface area contributed by atoms with Gasteiger partial charge >= 0.3 is 5.97 Å². The number of hydrogen-bond acceptors (Lipinski definition) is 4. The summed E-state index contributed by atoms with van der Waals surface area (Å²) in [4.78, 5) is 53.9. The number of amides is 3. The van der Waals surface area contributed by atoms with Crippen LogP contribution < -0.4 is 16.0 Å². The molecule has 1 saturated heterocycles. The number of aromatic nitrogens is 1. The van der Waals surface area contributed by atoms with Crippen LogP contribution in [0.1, 0.15) is 75.7 Å². The van der Waals surface area contributed by atoms with Crippen molar-refractivity contribution in [1.29, 1.82) is 0 Å². The van der Waals surface area contributed by atoms with Crippen LogP contribution in [0.5, 0.6) is 0 Å². The van der Waals surface area contributed by atoms with Crippen LogP contribution in [-0.2, 0) is 14.4 Å². The molecule has 9 heteroatoms. The van der Waals surface area contributed by atoms with Gasteiger partial charge in [-0.05, 0) is 44.7 Å². The van der Waals surface area contributed by atoms with Crippen LogP contribution in [-0.4, -0.2) is 51.4 Å². The van der Waals surface area contributed by atoms with E-state index < -0.39 is 41.3 Å². The summed E-state index contributed by atoms with van der Waals surface area (Å²) >= 11 is 0. The highest BCUT2D eigenvalue weighted by Gasteiger charge is 2.43. The van der Waals surface area contributed by atoms with Crippen LogP contribution in [0.25, 0.3) is 10.9 Å². The first kappa shape index (κ1) is 25.7. The van der Waals surface area contributed by atoms with Crippen molar-refractivity contribution >= 4 is 34.6 Å². The lowest BCUT2D eigenvalue weighted by Gasteiger charge is -2.29. The van der Waals surface area contributed by atoms with Gasteiger partial charge in [-0.3, -0.25) is 19.2 Å². The summed E-state index contributed by atoms with van der Waals surface area (Å²) in [5.74, 6) is -2.56. The van der Waals surface area contributed by atoms with Crippen LogP contribution >= 0.6 is 0 Å². The first-order valence-corrected chi connectivity index (χ1v) is 12.8. The number of H-pyrrole nitrogens is 1. The summed E-state index contributed by atoms with van der Waals surface area (Å²) in [7, 11) is 0. The van der Waals surface area contributed by atoms with Crippen molar-refractivity contribution in [1.82, 2.24) is 20.9 Å². The average Bonchev–Trinajstić information content (AvgIpc) is 3.38. The molecule has 2 aromatic rings. The van der Waals surface area contributed by atoms with Gasteiger partial charge in [0.1, 0.15) is 11.7 Å². The topological polar surface area (TPSA) is 140 Å². The number of fused-ring (bicyclic) bond motifs is 1. The third-order valence-corrected chi connectivity index (χ3v) is 7.43. The summed E-state index contributed by atoms with van der Waals surface area (Å²) in [5.41, 5.74) is 0.707. The predicted molar refractivity (Wildman–Crippen MR) is 135 cm³/mol. The molecule has 5 N–H and O–H groups in total. The Kier molecular flexibility index (Phi) is 7.66. The maximum atomic E-state index is 13.5. The van der Waals surface area contributed by atoms with Crippen LogP contribution in [0.15, 0.2) is 30.3 Å². The molecule has 0 bridgehead atoms. The van der Waals surface area contributed by atoms with E-state index in [1.807, 2.05) is 38.1 Å². The molecule has 1 aromatic carbocycles. The molecule has 3 atom stereocenters. The number of carbonyl (C=O) groups excluding carboxylic acids is 3. The monoisotopic (exact) mass is 496 g/mol. The molecule has 1 aliphatic heterocycles. The van der Waals surface area contributed by atoms with Crippen LogP contribution in [0.4, 0.5) is 0 Å². The molecule has 1 aromatic heterocycles. The zero-order chi connectivity index (χ0) is 25.9. The van der Waals surface area contributed by atoms with Crippen molar-refractivity contribution in [2.24, 2.45) is 11.8 Å². The number of aromatic amines is 1. The molecular formula is C27H36N4O5. The van der Waals surface area contributed by atoms with Crippen LogP contribution in [0.3, 0.4) is 0 Å². The molecule has 9 nitrogen and oxygen atoms in total. The van der Waals surface area contributed by atoms with E-state index in [9.17, 15) is 24.3 Å². The summed E-state index contributed by atoms with van der Waals surface area (Å²) in [6.07, 6.45) is 5.85. The normalized spacial score (nSPS) is 21.5. The highest BCUT2D eigenvalue weighted by atomic mass is 16.4. The second-order valence-electron chi connectivity index (χ2n) is 10.9. The Bertz CT molecular complexity index is 1100. The van der Waals surface area contributed by atoms with E-state index in [-0.39, 0.29) is 12.3 Å². The first-order valence-electron chi connectivity index (χ1n) is 12.8. The SMILES string of the molecule is CC1(C)CC(C(CC(=O)O)NC(=O)[C@H](CC2CCCCC2)NC(=O)c2cc3ccccc3[nH]2)C(=O)N1. The summed E-state index contributed by atoms with van der Waals surface area (Å²) in [6.45, 7) is 3.74. The highest BCUT2D eigenvalue weighted by Crippen LogP contribution is 2.30. The van der Waals surface area contributed by atoms with E-state index in [0.29, 0.717) is 24.5 Å². The van der Waals surface area contributed by atoms with Gasteiger partial charge in [-0.25, -0.2) is 0 Å². The van der Waals surface area contributed by atoms with Crippen molar-refractivity contribution in [3.05, 3.63) is 36.0 Å². The molecule has 4 rings (SSSR count). The molecule has 3 amide bonds. The zero-order valence-corrected chi connectivity index (χ0v) is 20.9. The summed E-state index contributed by atoms with van der Waals surface area (Å²) in [5, 5.41) is 19.0. The fraction of sp³-hybridized carbons (Fsp3) is 0.556. The lowest BCUT2D eigenvalue weighted by Crippen LogP contribution is -2.53. The van der Waals surface area contributed by atoms with Crippen molar-refractivity contribution in [2.45, 2.75) is 82.8 Å². The Morgan fingerprint density at radius 3 is 2.47 bits per heavy atom. The maximum Gasteiger partial charge on any atom is 0.305 e. The molecule has 0 radical (unpaired) electrons. The predicted octanol–water partition coefficient (Wildman–Crippen LogP) is 3.11. The molecule has 2 heterocycles. The van der Waals surface area contributed by atoms with Crippen molar-refractivity contribution < 1.29 is 24.3 Å². The number of benzene rings is 1. The molecule has 1 saturated carbocycles. The number of hydrogen-bond donors (Lipinski definition) is 5. The number of nitrogens with one attached hydrogen (secondary N) is 4. The van der Waals surface area contributed by atoms with Crippen molar-refractivity contribution in [3.63, 3.8) is 0 Å². The van der Waals surface area contributed by atoms with Gasteiger partial charge < -0.3 is 26.0 Å². The Labute approximate surface area is 210 Å². The van der Waals surface area contributed by atoms with E-state index in [2.05, 4.69) is 20.9 Å². The molecule has 1 aliphatic carbocycles. The van der Waals surface area contributed by atoms with E-state index in [1.54, 1.807) is 6.07 Å². The minimum atomic E-state index is -1.09. The second kappa shape index (κ2) is 10.7. The fourth-order valence-electron chi connectivity index (χ4n) is 5.63. The first-order chi connectivity index (χ1) is 17.1. The number of carbonyl (C=O) groups is 4. The zero-order valence-electron chi connectivity index (χ0n) is 20.9. The Morgan fingerprint density at radius 2 is 1.83 bits per heavy atom. The Hall–Kier alpha value is -3.36. The summed E-state index contributed by atoms with van der Waals surface area (Å²) in [6, 6.07) is 7.60. The van der Waals surface area contributed by atoms with Gasteiger partial charge in [0.05, 0.1) is 18.4 Å². The van der Waals surface area contributed by atoms with E-state index in [1.165, 1.54) is 6.42 Å². The number of rotatable bonds is 9. The standard InChI is InChI=1S/C27H36N4O5/c1-27(2)15-18(24(34)31-27)20(14-23(32)33)29-25(35)21(12-16-8-4-3-5-9-16)30-26(36)22-13-17-10-6-7-11-19(17)28-22/h6-7,10-11,13,16,18,20-21,28H,3-5,8-9,12,14-15H2,1-2H3,(H,29,35)(H,30,36)(H,31,34)(H,32,33)/t18?,20?,21-/m0/s1. The Balaban J connectivity index is 1.52. The number of para-hydroxylation sites is 1. The van der Waals surface area contributed by atoms with Gasteiger partial charge in [0.15, 0.2) is 0 Å². The minimum Gasteiger partial charge on any atom is -0.481 e. The molecule has 2 fully saturated rings. The average molecular weight is 497 g/mol. The van der Waals surface area contributed by atoms with Crippen LogP contribution in [0, 0.1) is 11.8 Å². The van der Waals surface area contributed by atoms with Crippen molar-refractivity contribution in [2.75, 3.05) is 0 Å². The van der Waals surface area contributed by atoms with Gasteiger partial charge in [0.25, 0.3) is 5.91 Å². The second-order valence-corrected chi connectivity index (χ2v) is 10.9. The largest absolute Gasteiger partial charge is 0.481 e. The molecule has 36 heavy (non-hydrogen) atoms. The van der Waals surface area contributed by atoms with Gasteiger partial charge in [-0.2, -0.15) is 0 Å². The minimum absolute atomic E-state index is 0.266. The molecule has 2 unspecified atom stereocenters. The maximum absolute atomic E-state index is 13.5. The smallest absolute Gasteiger partial charge is 0.305 e. The van der Waals surface area contributed by atoms with Gasteiger partial charge in [0.2, 0.25) is 11.8 Å². The van der Waals surface area contributed by atoms with E-state index in [0.717, 1.165) is 36.6 Å². The van der Waals surface area contributed by atoms with Gasteiger partial charge in [-0.15, -0.1) is 0 Å². The lowest BCUT2D eigenvalue weighted by atomic mass is 9.84. The third kappa shape index (κ3) is 6.25. The number of carboxylic acid groups (broad SMARTS) is 1. The fourth-order valence-corrected chi connectivity index (χ4v) is 5.63. The number of aliphatic carboxylic acids is 1. The van der Waals surface area contributed by atoms with E-state index >= 15 is 0 Å². The molecule has 2 aliphatic rings. The third-order valence-electron chi connectivity index (χ3n) is 7.43. The van der Waals surface area contributed by atoms with Gasteiger partial charge in [-0.1, -0.05) is 50.3 Å². The van der Waals surface area contributed by atoms with E-state index in [4.69, 9.17) is 0 Å². The quantitative estimate of drug-likeness (QED) is 0.363. The highest BCUT2D eigenvalue weighted by molar-refractivity contribution is 6.00. The van der Waals surface area contributed by atoms with Gasteiger partial charge in [0, 0.05) is 16.4 Å². The number of carboxylic acids is 1. The lowest BCUT2D eigenvalue weighted by molar-refractivity contribution is -0.138.